The summed E-state index contributed by atoms with van der Waals surface area (Å²) < 4.78 is 0. The van der Waals surface area contributed by atoms with Gasteiger partial charge in [0.25, 0.3) is 0 Å². The summed E-state index contributed by atoms with van der Waals surface area (Å²) in [6.07, 6.45) is 4.12. The van der Waals surface area contributed by atoms with Crippen LogP contribution in [0.2, 0.25) is 0 Å². The van der Waals surface area contributed by atoms with Crippen molar-refractivity contribution in [3.05, 3.63) is 29.8 Å². The molecule has 5 heteroatoms. The maximum atomic E-state index is 12.5. The molecule has 2 rings (SSSR count). The molecule has 1 aliphatic carbocycles. The quantitative estimate of drug-likeness (QED) is 0.821. The monoisotopic (exact) mass is 302 g/mol. The van der Waals surface area contributed by atoms with Gasteiger partial charge in [0.15, 0.2) is 5.78 Å². The minimum Gasteiger partial charge on any atom is -0.344 e. The number of amides is 2. The normalized spacial score (nSPS) is 16.1. The molecule has 5 nitrogen and oxygen atoms in total. The molecule has 2 amide bonds. The summed E-state index contributed by atoms with van der Waals surface area (Å²) in [5.41, 5.74) is 1.23. The van der Waals surface area contributed by atoms with Gasteiger partial charge in [0.2, 0.25) is 11.8 Å². The number of carbonyl (C=O) groups is 3. The molecule has 1 atom stereocenters. The van der Waals surface area contributed by atoms with Gasteiger partial charge in [-0.25, -0.2) is 0 Å². The molecule has 0 radical (unpaired) electrons. The molecule has 0 spiro atoms. The number of Topliss-reactive ketones (excluding diaryl/α,β-unsaturated/α-hetero) is 1. The van der Waals surface area contributed by atoms with Crippen LogP contribution in [0.25, 0.3) is 0 Å². The third kappa shape index (κ3) is 4.16. The second-order valence-electron chi connectivity index (χ2n) is 5.85. The number of carbonyl (C=O) groups excluding carboxylic acids is 3. The van der Waals surface area contributed by atoms with Crippen LogP contribution < -0.4 is 10.6 Å². The standard InChI is InChI=1S/C17H22N2O3/c1-11(20)13-7-9-15(10-8-13)19-17(22)16(18-12(2)21)14-5-3-4-6-14/h7-10,14,16H,3-6H2,1-2H3,(H,18,21)(H,19,22). The smallest absolute Gasteiger partial charge is 0.247 e. The van der Waals surface area contributed by atoms with Crippen LogP contribution in [-0.4, -0.2) is 23.6 Å². The molecule has 22 heavy (non-hydrogen) atoms. The van der Waals surface area contributed by atoms with Crippen molar-refractivity contribution in [3.63, 3.8) is 0 Å². The summed E-state index contributed by atoms with van der Waals surface area (Å²) in [7, 11) is 0. The molecule has 0 bridgehead atoms. The van der Waals surface area contributed by atoms with Gasteiger partial charge in [0.05, 0.1) is 0 Å². The zero-order chi connectivity index (χ0) is 16.1. The van der Waals surface area contributed by atoms with Gasteiger partial charge in [-0.15, -0.1) is 0 Å². The van der Waals surface area contributed by atoms with Gasteiger partial charge < -0.3 is 10.6 Å². The van der Waals surface area contributed by atoms with Crippen molar-refractivity contribution in [1.29, 1.82) is 0 Å². The zero-order valence-electron chi connectivity index (χ0n) is 13.0. The molecule has 0 aromatic heterocycles. The Balaban J connectivity index is 2.06. The van der Waals surface area contributed by atoms with Gasteiger partial charge in [-0.1, -0.05) is 12.8 Å². The topological polar surface area (TPSA) is 75.3 Å². The SMILES string of the molecule is CC(=O)NC(C(=O)Nc1ccc(C(C)=O)cc1)C1CCCC1. The van der Waals surface area contributed by atoms with Crippen molar-refractivity contribution < 1.29 is 14.4 Å². The number of nitrogens with one attached hydrogen (secondary N) is 2. The van der Waals surface area contributed by atoms with Crippen LogP contribution in [-0.2, 0) is 9.59 Å². The molecule has 0 heterocycles. The van der Waals surface area contributed by atoms with E-state index in [-0.39, 0.29) is 23.5 Å². The fourth-order valence-corrected chi connectivity index (χ4v) is 2.92. The average Bonchev–Trinajstić information content (AvgIpc) is 2.99. The Bertz CT molecular complexity index is 560. The minimum absolute atomic E-state index is 0.0139. The van der Waals surface area contributed by atoms with Crippen molar-refractivity contribution in [3.8, 4) is 0 Å². The lowest BCUT2D eigenvalue weighted by molar-refractivity contribution is -0.126. The van der Waals surface area contributed by atoms with E-state index in [1.807, 2.05) is 0 Å². The molecular weight excluding hydrogens is 280 g/mol. The van der Waals surface area contributed by atoms with E-state index >= 15 is 0 Å². The highest BCUT2D eigenvalue weighted by atomic mass is 16.2. The van der Waals surface area contributed by atoms with Crippen LogP contribution in [0, 0.1) is 5.92 Å². The first-order valence-corrected chi connectivity index (χ1v) is 7.66. The number of benzene rings is 1. The van der Waals surface area contributed by atoms with Crippen LogP contribution in [0.15, 0.2) is 24.3 Å². The first-order chi connectivity index (χ1) is 10.5. The lowest BCUT2D eigenvalue weighted by atomic mass is 9.97. The first kappa shape index (κ1) is 16.2. The van der Waals surface area contributed by atoms with Gasteiger partial charge in [-0.3, -0.25) is 14.4 Å². The highest BCUT2D eigenvalue weighted by Gasteiger charge is 2.31. The Hall–Kier alpha value is -2.17. The van der Waals surface area contributed by atoms with E-state index in [2.05, 4.69) is 10.6 Å². The molecule has 1 saturated carbocycles. The van der Waals surface area contributed by atoms with Crippen LogP contribution in [0.4, 0.5) is 5.69 Å². The van der Waals surface area contributed by atoms with Gasteiger partial charge in [0.1, 0.15) is 6.04 Å². The second kappa shape index (κ2) is 7.20. The highest BCUT2D eigenvalue weighted by Crippen LogP contribution is 2.28. The number of anilines is 1. The van der Waals surface area contributed by atoms with Crippen molar-refractivity contribution in [1.82, 2.24) is 5.32 Å². The summed E-state index contributed by atoms with van der Waals surface area (Å²) in [6.45, 7) is 2.93. The van der Waals surface area contributed by atoms with E-state index in [4.69, 9.17) is 0 Å². The Labute approximate surface area is 130 Å². The predicted octanol–water partition coefficient (Wildman–Crippen LogP) is 2.52. The molecule has 0 aliphatic heterocycles. The molecule has 1 unspecified atom stereocenters. The van der Waals surface area contributed by atoms with Crippen molar-refractivity contribution >= 4 is 23.3 Å². The summed E-state index contributed by atoms with van der Waals surface area (Å²) in [6, 6.07) is 6.27. The molecule has 1 aromatic rings. The van der Waals surface area contributed by atoms with Crippen LogP contribution in [0.3, 0.4) is 0 Å². The van der Waals surface area contributed by atoms with Crippen LogP contribution in [0.1, 0.15) is 49.9 Å². The lowest BCUT2D eigenvalue weighted by Gasteiger charge is -2.23. The number of ketones is 1. The third-order valence-corrected chi connectivity index (χ3v) is 4.07. The number of hydrogen-bond donors (Lipinski definition) is 2. The molecule has 0 saturated heterocycles. The zero-order valence-corrected chi connectivity index (χ0v) is 13.0. The summed E-state index contributed by atoms with van der Waals surface area (Å²) in [4.78, 5) is 35.1. The second-order valence-corrected chi connectivity index (χ2v) is 5.85. The first-order valence-electron chi connectivity index (χ1n) is 7.66. The Morgan fingerprint density at radius 3 is 2.14 bits per heavy atom. The van der Waals surface area contributed by atoms with E-state index in [1.54, 1.807) is 24.3 Å². The van der Waals surface area contributed by atoms with Crippen LogP contribution >= 0.6 is 0 Å². The minimum atomic E-state index is -0.493. The Morgan fingerprint density at radius 1 is 1.05 bits per heavy atom. The molecular formula is C17H22N2O3. The molecule has 1 aromatic carbocycles. The van der Waals surface area contributed by atoms with Gasteiger partial charge in [-0.05, 0) is 49.9 Å². The van der Waals surface area contributed by atoms with Crippen molar-refractivity contribution in [2.45, 2.75) is 45.6 Å². The Kier molecular flexibility index (Phi) is 5.31. The summed E-state index contributed by atoms with van der Waals surface area (Å²) >= 11 is 0. The van der Waals surface area contributed by atoms with E-state index in [9.17, 15) is 14.4 Å². The highest BCUT2D eigenvalue weighted by molar-refractivity contribution is 5.98. The molecule has 1 aliphatic rings. The van der Waals surface area contributed by atoms with E-state index in [1.165, 1.54) is 13.8 Å². The largest absolute Gasteiger partial charge is 0.344 e. The average molecular weight is 302 g/mol. The lowest BCUT2D eigenvalue weighted by Crippen LogP contribution is -2.47. The maximum absolute atomic E-state index is 12.5. The predicted molar refractivity (Wildman–Crippen MR) is 84.6 cm³/mol. The number of rotatable bonds is 5. The Morgan fingerprint density at radius 2 is 1.64 bits per heavy atom. The van der Waals surface area contributed by atoms with E-state index in [0.29, 0.717) is 11.3 Å². The third-order valence-electron chi connectivity index (χ3n) is 4.07. The maximum Gasteiger partial charge on any atom is 0.247 e. The molecule has 1 fully saturated rings. The molecule has 118 valence electrons. The van der Waals surface area contributed by atoms with Crippen molar-refractivity contribution in [2.75, 3.05) is 5.32 Å². The number of hydrogen-bond acceptors (Lipinski definition) is 3. The van der Waals surface area contributed by atoms with Gasteiger partial charge >= 0.3 is 0 Å². The van der Waals surface area contributed by atoms with Crippen molar-refractivity contribution in [2.24, 2.45) is 5.92 Å². The fourth-order valence-electron chi connectivity index (χ4n) is 2.92. The summed E-state index contributed by atoms with van der Waals surface area (Å²) in [5.74, 6) is -0.211. The van der Waals surface area contributed by atoms with Gasteiger partial charge in [-0.2, -0.15) is 0 Å². The fraction of sp³-hybridized carbons (Fsp3) is 0.471. The van der Waals surface area contributed by atoms with Gasteiger partial charge in [0, 0.05) is 18.2 Å². The van der Waals surface area contributed by atoms with E-state index in [0.717, 1.165) is 25.7 Å². The summed E-state index contributed by atoms with van der Waals surface area (Å²) in [5, 5.41) is 5.59. The van der Waals surface area contributed by atoms with E-state index < -0.39 is 6.04 Å². The molecule has 2 N–H and O–H groups in total. The van der Waals surface area contributed by atoms with Crippen LogP contribution in [0.5, 0.6) is 0 Å².